The zero-order valence-corrected chi connectivity index (χ0v) is 15.3. The molecule has 1 amide bonds. The summed E-state index contributed by atoms with van der Waals surface area (Å²) in [5.41, 5.74) is -0.0116. The Balaban J connectivity index is 2.03. The van der Waals surface area contributed by atoms with Gasteiger partial charge in [0.2, 0.25) is 0 Å². The predicted molar refractivity (Wildman–Crippen MR) is 91.0 cm³/mol. The first-order valence-corrected chi connectivity index (χ1v) is 8.47. The van der Waals surface area contributed by atoms with Crippen LogP contribution in [0.3, 0.4) is 0 Å². The van der Waals surface area contributed by atoms with Gasteiger partial charge in [0.15, 0.2) is 6.29 Å². The highest BCUT2D eigenvalue weighted by molar-refractivity contribution is 9.10. The van der Waals surface area contributed by atoms with Crippen molar-refractivity contribution in [3.63, 3.8) is 0 Å². The van der Waals surface area contributed by atoms with Crippen molar-refractivity contribution < 1.29 is 19.1 Å². The van der Waals surface area contributed by atoms with Gasteiger partial charge in [0, 0.05) is 11.0 Å². The third-order valence-corrected chi connectivity index (χ3v) is 3.92. The quantitative estimate of drug-likeness (QED) is 0.739. The van der Waals surface area contributed by atoms with Crippen LogP contribution in [0.25, 0.3) is 0 Å². The maximum atomic E-state index is 12.2. The van der Waals surface area contributed by atoms with E-state index in [0.29, 0.717) is 24.4 Å². The van der Waals surface area contributed by atoms with Gasteiger partial charge in [0.05, 0.1) is 12.1 Å². The van der Waals surface area contributed by atoms with E-state index in [1.807, 2.05) is 20.8 Å². The number of nitrogens with zero attached hydrogens (tertiary/aromatic N) is 1. The normalized spacial score (nSPS) is 18.4. The van der Waals surface area contributed by atoms with Crippen LogP contribution in [0.4, 0.5) is 4.79 Å². The van der Waals surface area contributed by atoms with E-state index in [-0.39, 0.29) is 12.2 Å². The van der Waals surface area contributed by atoms with E-state index >= 15 is 0 Å². The van der Waals surface area contributed by atoms with Gasteiger partial charge < -0.3 is 14.4 Å². The highest BCUT2D eigenvalue weighted by Gasteiger charge is 2.28. The van der Waals surface area contributed by atoms with Crippen molar-refractivity contribution in [2.45, 2.75) is 45.3 Å². The van der Waals surface area contributed by atoms with Gasteiger partial charge in [0.25, 0.3) is 0 Å². The lowest BCUT2D eigenvalue weighted by Gasteiger charge is -2.34. The Labute approximate surface area is 145 Å². The number of likely N-dealkylation sites (tertiary alicyclic amines) is 1. The number of rotatable bonds is 3. The van der Waals surface area contributed by atoms with Crippen LogP contribution in [0.2, 0.25) is 0 Å². The number of aldehydes is 1. The van der Waals surface area contributed by atoms with Gasteiger partial charge in [-0.25, -0.2) is 4.79 Å². The fraction of sp³-hybridized carbons (Fsp3) is 0.529. The summed E-state index contributed by atoms with van der Waals surface area (Å²) in [6, 6.07) is 5.28. The molecule has 0 spiro atoms. The molecule has 0 aliphatic carbocycles. The molecule has 23 heavy (non-hydrogen) atoms. The average Bonchev–Trinajstić information content (AvgIpc) is 2.46. The molecule has 1 atom stereocenters. The Morgan fingerprint density at radius 2 is 2.13 bits per heavy atom. The Kier molecular flexibility index (Phi) is 5.68. The maximum Gasteiger partial charge on any atom is 0.410 e. The number of benzene rings is 1. The second-order valence-corrected chi connectivity index (χ2v) is 7.52. The molecule has 1 unspecified atom stereocenters. The molecule has 1 heterocycles. The minimum Gasteiger partial charge on any atom is -0.488 e. The Hall–Kier alpha value is -1.56. The summed E-state index contributed by atoms with van der Waals surface area (Å²) in [5, 5.41) is 0. The number of carbonyl (C=O) groups excluding carboxylic acids is 2. The van der Waals surface area contributed by atoms with Gasteiger partial charge in [-0.1, -0.05) is 15.9 Å². The van der Waals surface area contributed by atoms with Crippen LogP contribution in [0.1, 0.15) is 44.0 Å². The largest absolute Gasteiger partial charge is 0.488 e. The molecule has 2 rings (SSSR count). The Bertz CT molecular complexity index is 582. The summed E-state index contributed by atoms with van der Waals surface area (Å²) in [7, 11) is 0. The van der Waals surface area contributed by atoms with Crippen LogP contribution in [-0.2, 0) is 4.74 Å². The summed E-state index contributed by atoms with van der Waals surface area (Å²) < 4.78 is 12.2. The summed E-state index contributed by atoms with van der Waals surface area (Å²) in [4.78, 5) is 25.0. The Morgan fingerprint density at radius 1 is 1.39 bits per heavy atom. The zero-order valence-electron chi connectivity index (χ0n) is 13.7. The van der Waals surface area contributed by atoms with Crippen LogP contribution in [0.15, 0.2) is 22.7 Å². The second-order valence-electron chi connectivity index (χ2n) is 6.61. The fourth-order valence-corrected chi connectivity index (χ4v) is 2.75. The predicted octanol–water partition coefficient (Wildman–Crippen LogP) is 4.04. The molecule has 0 aromatic heterocycles. The van der Waals surface area contributed by atoms with E-state index in [2.05, 4.69) is 15.9 Å². The fourth-order valence-electron chi connectivity index (χ4n) is 2.41. The summed E-state index contributed by atoms with van der Waals surface area (Å²) >= 11 is 3.38. The van der Waals surface area contributed by atoms with Crippen LogP contribution in [-0.4, -0.2) is 42.1 Å². The van der Waals surface area contributed by atoms with Crippen molar-refractivity contribution in [2.24, 2.45) is 0 Å². The molecule has 1 aromatic carbocycles. The number of piperidine rings is 1. The van der Waals surface area contributed by atoms with Gasteiger partial charge in [-0.2, -0.15) is 0 Å². The summed E-state index contributed by atoms with van der Waals surface area (Å²) in [6.45, 7) is 6.66. The number of hydrogen-bond acceptors (Lipinski definition) is 4. The van der Waals surface area contributed by atoms with E-state index in [9.17, 15) is 9.59 Å². The van der Waals surface area contributed by atoms with Crippen molar-refractivity contribution in [2.75, 3.05) is 13.1 Å². The van der Waals surface area contributed by atoms with E-state index in [4.69, 9.17) is 9.47 Å². The minimum atomic E-state index is -0.514. The molecular weight excluding hydrogens is 362 g/mol. The first-order valence-electron chi connectivity index (χ1n) is 7.68. The molecule has 1 saturated heterocycles. The smallest absolute Gasteiger partial charge is 0.410 e. The molecule has 1 aliphatic rings. The number of hydrogen-bond donors (Lipinski definition) is 0. The standard InChI is InChI=1S/C17H22BrNO4/c1-17(2,3)23-16(21)19-8-4-5-14(10-19)22-15-9-13(18)7-6-12(15)11-20/h6-7,9,11,14H,4-5,8,10H2,1-3H3. The summed E-state index contributed by atoms with van der Waals surface area (Å²) in [5.74, 6) is 0.533. The SMILES string of the molecule is CC(C)(C)OC(=O)N1CCCC(Oc2cc(Br)ccc2C=O)C1. The Morgan fingerprint density at radius 3 is 2.78 bits per heavy atom. The van der Waals surface area contributed by atoms with Crippen molar-refractivity contribution in [1.82, 2.24) is 4.90 Å². The van der Waals surface area contributed by atoms with Gasteiger partial charge in [-0.15, -0.1) is 0 Å². The topological polar surface area (TPSA) is 55.8 Å². The van der Waals surface area contributed by atoms with Crippen LogP contribution >= 0.6 is 15.9 Å². The zero-order chi connectivity index (χ0) is 17.0. The molecule has 1 aliphatic heterocycles. The minimum absolute atomic E-state index is 0.149. The highest BCUT2D eigenvalue weighted by Crippen LogP contribution is 2.26. The monoisotopic (exact) mass is 383 g/mol. The van der Waals surface area contributed by atoms with E-state index in [1.165, 1.54) is 0 Å². The molecule has 1 aromatic rings. The van der Waals surface area contributed by atoms with Crippen LogP contribution in [0, 0.1) is 0 Å². The van der Waals surface area contributed by atoms with E-state index in [0.717, 1.165) is 23.6 Å². The molecule has 0 bridgehead atoms. The lowest BCUT2D eigenvalue weighted by atomic mass is 10.1. The lowest BCUT2D eigenvalue weighted by Crippen LogP contribution is -2.46. The maximum absolute atomic E-state index is 12.2. The molecule has 6 heteroatoms. The molecule has 0 saturated carbocycles. The number of amides is 1. The van der Waals surface area contributed by atoms with E-state index < -0.39 is 5.60 Å². The van der Waals surface area contributed by atoms with Crippen molar-refractivity contribution in [3.05, 3.63) is 28.2 Å². The molecule has 126 valence electrons. The molecule has 0 radical (unpaired) electrons. The van der Waals surface area contributed by atoms with Crippen LogP contribution in [0.5, 0.6) is 5.75 Å². The highest BCUT2D eigenvalue weighted by atomic mass is 79.9. The van der Waals surface area contributed by atoms with Gasteiger partial charge >= 0.3 is 6.09 Å². The van der Waals surface area contributed by atoms with Crippen molar-refractivity contribution >= 4 is 28.3 Å². The summed E-state index contributed by atoms with van der Waals surface area (Å²) in [6.07, 6.45) is 1.98. The lowest BCUT2D eigenvalue weighted by molar-refractivity contribution is 0.00766. The first-order chi connectivity index (χ1) is 10.8. The van der Waals surface area contributed by atoms with Gasteiger partial charge in [-0.05, 0) is 51.8 Å². The third kappa shape index (κ3) is 5.23. The molecule has 1 fully saturated rings. The molecular formula is C17H22BrNO4. The average molecular weight is 384 g/mol. The third-order valence-electron chi connectivity index (χ3n) is 3.43. The number of ether oxygens (including phenoxy) is 2. The molecule has 5 nitrogen and oxygen atoms in total. The second kappa shape index (κ2) is 7.34. The van der Waals surface area contributed by atoms with Gasteiger partial charge in [0.1, 0.15) is 17.5 Å². The van der Waals surface area contributed by atoms with Gasteiger partial charge in [-0.3, -0.25) is 4.79 Å². The van der Waals surface area contributed by atoms with Crippen molar-refractivity contribution in [3.8, 4) is 5.75 Å². The van der Waals surface area contributed by atoms with E-state index in [1.54, 1.807) is 23.1 Å². The van der Waals surface area contributed by atoms with Crippen LogP contribution < -0.4 is 4.74 Å². The van der Waals surface area contributed by atoms with Crippen molar-refractivity contribution in [1.29, 1.82) is 0 Å². The number of halogens is 1. The molecule has 0 N–H and O–H groups in total. The number of carbonyl (C=O) groups is 2. The first kappa shape index (κ1) is 17.8.